The van der Waals surface area contributed by atoms with Crippen molar-refractivity contribution in [3.05, 3.63) is 35.8 Å². The molecule has 3 aromatic rings. The zero-order valence-corrected chi connectivity index (χ0v) is 13.4. The number of fused-ring (bicyclic) bond motifs is 1. The maximum absolute atomic E-state index is 5.39. The normalized spacial score (nSPS) is 18.3. The molecule has 0 radical (unpaired) electrons. The zero-order chi connectivity index (χ0) is 15.1. The van der Waals surface area contributed by atoms with Gasteiger partial charge in [0.1, 0.15) is 0 Å². The minimum atomic E-state index is 0.432. The van der Waals surface area contributed by atoms with Crippen LogP contribution in [-0.2, 0) is 0 Å². The number of methoxy groups -OCH3 is 1. The fourth-order valence-corrected chi connectivity index (χ4v) is 3.96. The minimum Gasteiger partial charge on any atom is -0.481 e. The molecule has 0 amide bonds. The summed E-state index contributed by atoms with van der Waals surface area (Å²) in [5, 5.41) is 5.67. The molecule has 1 unspecified atom stereocenters. The number of hydrogen-bond acceptors (Lipinski definition) is 6. The summed E-state index contributed by atoms with van der Waals surface area (Å²) in [6.07, 6.45) is 4.82. The monoisotopic (exact) mass is 315 g/mol. The Hall–Kier alpha value is -2.15. The lowest BCUT2D eigenvalue weighted by Gasteiger charge is -2.15. The second-order valence-corrected chi connectivity index (χ2v) is 6.46. The second-order valence-electron chi connectivity index (χ2n) is 5.53. The van der Waals surface area contributed by atoms with Crippen molar-refractivity contribution in [3.8, 4) is 5.88 Å². The Bertz CT molecular complexity index is 780. The van der Waals surface area contributed by atoms with Crippen molar-refractivity contribution in [2.75, 3.05) is 25.1 Å². The fraction of sp³-hybridized carbons (Fsp3) is 0.400. The Morgan fingerprint density at radius 2 is 2.32 bits per heavy atom. The van der Waals surface area contributed by atoms with Crippen molar-refractivity contribution < 1.29 is 4.74 Å². The van der Waals surface area contributed by atoms with E-state index in [1.165, 1.54) is 5.56 Å². The maximum atomic E-state index is 5.39. The van der Waals surface area contributed by atoms with Crippen LogP contribution < -0.4 is 9.64 Å². The Morgan fingerprint density at radius 1 is 1.41 bits per heavy atom. The lowest BCUT2D eigenvalue weighted by Crippen LogP contribution is -2.19. The van der Waals surface area contributed by atoms with Crippen molar-refractivity contribution in [3.63, 3.8) is 0 Å². The Kier molecular flexibility index (Phi) is 3.22. The third-order valence-corrected chi connectivity index (χ3v) is 5.03. The molecule has 0 aliphatic carbocycles. The highest BCUT2D eigenvalue weighted by atomic mass is 32.1. The molecule has 4 rings (SSSR count). The van der Waals surface area contributed by atoms with Crippen LogP contribution in [0.2, 0.25) is 0 Å². The van der Waals surface area contributed by atoms with E-state index in [1.807, 2.05) is 23.7 Å². The van der Waals surface area contributed by atoms with E-state index in [1.54, 1.807) is 24.6 Å². The van der Waals surface area contributed by atoms with Gasteiger partial charge in [-0.1, -0.05) is 17.4 Å². The molecule has 114 valence electrons. The molecule has 0 spiro atoms. The molecule has 1 saturated heterocycles. The number of nitrogens with zero attached hydrogens (tertiary/aromatic N) is 5. The average molecular weight is 315 g/mol. The fourth-order valence-electron chi connectivity index (χ4n) is 3.00. The van der Waals surface area contributed by atoms with Gasteiger partial charge in [0.2, 0.25) is 16.0 Å². The number of hydrogen-bond donors (Lipinski definition) is 0. The molecule has 3 aromatic heterocycles. The predicted octanol–water partition coefficient (Wildman–Crippen LogP) is 2.50. The van der Waals surface area contributed by atoms with E-state index in [0.29, 0.717) is 5.92 Å². The Balaban J connectivity index is 1.57. The minimum absolute atomic E-state index is 0.432. The van der Waals surface area contributed by atoms with E-state index in [0.717, 1.165) is 41.2 Å². The Labute approximate surface area is 132 Å². The summed E-state index contributed by atoms with van der Waals surface area (Å²) in [7, 11) is 1.68. The predicted molar refractivity (Wildman–Crippen MR) is 86.0 cm³/mol. The van der Waals surface area contributed by atoms with Gasteiger partial charge in [-0.3, -0.25) is 0 Å². The molecule has 1 fully saturated rings. The van der Waals surface area contributed by atoms with Gasteiger partial charge in [-0.25, -0.2) is 14.5 Å². The first kappa shape index (κ1) is 13.5. The van der Waals surface area contributed by atoms with E-state index in [2.05, 4.69) is 26.0 Å². The van der Waals surface area contributed by atoms with Crippen LogP contribution in [0.4, 0.5) is 5.13 Å². The van der Waals surface area contributed by atoms with E-state index >= 15 is 0 Å². The first-order valence-corrected chi connectivity index (χ1v) is 8.13. The molecular formula is C15H17N5OS. The molecule has 0 aromatic carbocycles. The summed E-state index contributed by atoms with van der Waals surface area (Å²) in [5.74, 6) is 1.17. The summed E-state index contributed by atoms with van der Waals surface area (Å²) < 4.78 is 7.26. The summed E-state index contributed by atoms with van der Waals surface area (Å²) in [6, 6.07) is 4.08. The van der Waals surface area contributed by atoms with E-state index in [-0.39, 0.29) is 0 Å². The van der Waals surface area contributed by atoms with Crippen LogP contribution in [0, 0.1) is 6.92 Å². The van der Waals surface area contributed by atoms with Gasteiger partial charge in [-0.15, -0.1) is 5.10 Å². The van der Waals surface area contributed by atoms with Crippen LogP contribution in [0.15, 0.2) is 24.5 Å². The molecule has 0 N–H and O–H groups in total. The third-order valence-electron chi connectivity index (χ3n) is 4.05. The molecule has 22 heavy (non-hydrogen) atoms. The molecule has 1 aliphatic heterocycles. The Morgan fingerprint density at radius 3 is 3.14 bits per heavy atom. The number of aromatic nitrogens is 4. The molecule has 1 atom stereocenters. The average Bonchev–Trinajstić information content (AvgIpc) is 3.20. The molecule has 0 saturated carbocycles. The smallest absolute Gasteiger partial charge is 0.216 e. The van der Waals surface area contributed by atoms with Crippen molar-refractivity contribution >= 4 is 21.4 Å². The number of anilines is 1. The summed E-state index contributed by atoms with van der Waals surface area (Å²) >= 11 is 1.64. The SMILES string of the molecule is COc1ncccc1C1CCN(c2nn3cc(C)nc3s2)C1. The highest BCUT2D eigenvalue weighted by Crippen LogP contribution is 2.35. The number of pyridine rings is 1. The highest BCUT2D eigenvalue weighted by molar-refractivity contribution is 7.20. The van der Waals surface area contributed by atoms with Gasteiger partial charge < -0.3 is 9.64 Å². The van der Waals surface area contributed by atoms with Gasteiger partial charge in [0, 0.05) is 30.8 Å². The van der Waals surface area contributed by atoms with Gasteiger partial charge in [0.15, 0.2) is 0 Å². The van der Waals surface area contributed by atoms with Crippen LogP contribution in [0.5, 0.6) is 5.88 Å². The zero-order valence-electron chi connectivity index (χ0n) is 12.6. The van der Waals surface area contributed by atoms with E-state index in [9.17, 15) is 0 Å². The molecular weight excluding hydrogens is 298 g/mol. The van der Waals surface area contributed by atoms with Crippen LogP contribution in [0.1, 0.15) is 23.6 Å². The quantitative estimate of drug-likeness (QED) is 0.743. The summed E-state index contributed by atoms with van der Waals surface area (Å²) in [6.45, 7) is 3.93. The number of aryl methyl sites for hydroxylation is 1. The molecule has 1 aliphatic rings. The van der Waals surface area contributed by atoms with Crippen LogP contribution in [-0.4, -0.2) is 39.8 Å². The summed E-state index contributed by atoms with van der Waals surface area (Å²) in [5.41, 5.74) is 2.19. The van der Waals surface area contributed by atoms with Gasteiger partial charge in [0.25, 0.3) is 0 Å². The first-order valence-electron chi connectivity index (χ1n) is 7.31. The third kappa shape index (κ3) is 2.21. The van der Waals surface area contributed by atoms with Crippen molar-refractivity contribution in [2.45, 2.75) is 19.3 Å². The topological polar surface area (TPSA) is 55.5 Å². The van der Waals surface area contributed by atoms with Crippen molar-refractivity contribution in [1.29, 1.82) is 0 Å². The van der Waals surface area contributed by atoms with Gasteiger partial charge in [-0.2, -0.15) is 0 Å². The number of ether oxygens (including phenoxy) is 1. The highest BCUT2D eigenvalue weighted by Gasteiger charge is 2.28. The van der Waals surface area contributed by atoms with Crippen LogP contribution in [0.3, 0.4) is 0 Å². The molecule has 0 bridgehead atoms. The first-order chi connectivity index (χ1) is 10.7. The van der Waals surface area contributed by atoms with E-state index < -0.39 is 0 Å². The molecule has 6 nitrogen and oxygen atoms in total. The van der Waals surface area contributed by atoms with Gasteiger partial charge in [0.05, 0.1) is 19.0 Å². The maximum Gasteiger partial charge on any atom is 0.216 e. The molecule has 7 heteroatoms. The summed E-state index contributed by atoms with van der Waals surface area (Å²) in [4.78, 5) is 12.1. The van der Waals surface area contributed by atoms with Crippen molar-refractivity contribution in [2.24, 2.45) is 0 Å². The standard InChI is InChI=1S/C15H17N5OS/c1-10-8-20-14(17-10)22-15(18-20)19-7-5-11(9-19)12-4-3-6-16-13(12)21-2/h3-4,6,8,11H,5,7,9H2,1-2H3. The lowest BCUT2D eigenvalue weighted by atomic mass is 10.00. The van der Waals surface area contributed by atoms with Crippen molar-refractivity contribution in [1.82, 2.24) is 19.6 Å². The van der Waals surface area contributed by atoms with Crippen LogP contribution in [0.25, 0.3) is 4.96 Å². The lowest BCUT2D eigenvalue weighted by molar-refractivity contribution is 0.389. The van der Waals surface area contributed by atoms with Gasteiger partial charge in [-0.05, 0) is 19.4 Å². The largest absolute Gasteiger partial charge is 0.481 e. The number of imidazole rings is 1. The molecule has 4 heterocycles. The second kappa shape index (κ2) is 5.24. The van der Waals surface area contributed by atoms with Gasteiger partial charge >= 0.3 is 0 Å². The van der Waals surface area contributed by atoms with E-state index in [4.69, 9.17) is 4.74 Å². The number of rotatable bonds is 3. The van der Waals surface area contributed by atoms with Crippen LogP contribution >= 0.6 is 11.3 Å².